The van der Waals surface area contributed by atoms with Crippen LogP contribution in [0.5, 0.6) is 0 Å². The quantitative estimate of drug-likeness (QED) is 0.518. The normalized spacial score (nSPS) is 14.9. The van der Waals surface area contributed by atoms with Crippen molar-refractivity contribution in [2.75, 3.05) is 0 Å². The highest BCUT2D eigenvalue weighted by Crippen LogP contribution is 2.13. The summed E-state index contributed by atoms with van der Waals surface area (Å²) >= 11 is 3.29. The number of unbranched alkanes of at least 4 members (excludes halogenated alkanes) is 1. The van der Waals surface area contributed by atoms with Crippen molar-refractivity contribution < 1.29 is 9.53 Å². The molecule has 2 atom stereocenters. The third kappa shape index (κ3) is 5.63. The Morgan fingerprint density at radius 3 is 2.36 bits per heavy atom. The first-order valence-electron chi connectivity index (χ1n) is 5.50. The van der Waals surface area contributed by atoms with Gasteiger partial charge in [-0.25, -0.2) is 0 Å². The molecule has 0 aromatic heterocycles. The van der Waals surface area contributed by atoms with E-state index in [9.17, 15) is 4.79 Å². The van der Waals surface area contributed by atoms with Crippen molar-refractivity contribution in [1.82, 2.24) is 0 Å². The molecule has 0 aromatic carbocycles. The van der Waals surface area contributed by atoms with Gasteiger partial charge in [0.25, 0.3) is 0 Å². The molecule has 0 heterocycles. The zero-order valence-electron chi connectivity index (χ0n) is 9.38. The number of rotatable bonds is 7. The largest absolute Gasteiger partial charge is 0.462 e. The van der Waals surface area contributed by atoms with Gasteiger partial charge in [-0.05, 0) is 19.3 Å². The molecule has 0 aliphatic carbocycles. The second-order valence-electron chi connectivity index (χ2n) is 3.49. The fourth-order valence-corrected chi connectivity index (χ4v) is 1.29. The molecular weight excluding hydrogens is 244 g/mol. The molecule has 0 unspecified atom stereocenters. The van der Waals surface area contributed by atoms with Crippen LogP contribution in [0.3, 0.4) is 0 Å². The first-order chi connectivity index (χ1) is 6.65. The Bertz CT molecular complexity index is 159. The Labute approximate surface area is 95.5 Å². The van der Waals surface area contributed by atoms with Gasteiger partial charge in [-0.1, -0.05) is 49.5 Å². The van der Waals surface area contributed by atoms with Crippen molar-refractivity contribution in [2.24, 2.45) is 0 Å². The molecule has 0 spiro atoms. The van der Waals surface area contributed by atoms with Gasteiger partial charge in [0.2, 0.25) is 0 Å². The zero-order chi connectivity index (χ0) is 11.0. The SMILES string of the molecule is CCCC[C@@H](CC)OC(=O)[C@@H](Br)CC. The van der Waals surface area contributed by atoms with Gasteiger partial charge in [0.15, 0.2) is 0 Å². The Morgan fingerprint density at radius 2 is 1.93 bits per heavy atom. The fourth-order valence-electron chi connectivity index (χ4n) is 1.18. The number of carbonyl (C=O) groups excluding carboxylic acids is 1. The summed E-state index contributed by atoms with van der Waals surface area (Å²) in [5.74, 6) is -0.115. The Hall–Kier alpha value is -0.0500. The van der Waals surface area contributed by atoms with Crippen molar-refractivity contribution in [3.63, 3.8) is 0 Å². The Balaban J connectivity index is 3.85. The predicted molar refractivity (Wildman–Crippen MR) is 62.7 cm³/mol. The third-order valence-corrected chi connectivity index (χ3v) is 3.25. The highest BCUT2D eigenvalue weighted by molar-refractivity contribution is 9.10. The van der Waals surface area contributed by atoms with E-state index in [1.807, 2.05) is 6.92 Å². The van der Waals surface area contributed by atoms with Crippen molar-refractivity contribution in [3.05, 3.63) is 0 Å². The number of hydrogen-bond donors (Lipinski definition) is 0. The maximum Gasteiger partial charge on any atom is 0.319 e. The third-order valence-electron chi connectivity index (χ3n) is 2.23. The number of carbonyl (C=O) groups is 1. The second kappa shape index (κ2) is 8.27. The molecule has 0 amide bonds. The van der Waals surface area contributed by atoms with Gasteiger partial charge in [0, 0.05) is 0 Å². The van der Waals surface area contributed by atoms with Crippen LogP contribution in [0, 0.1) is 0 Å². The Kier molecular flexibility index (Phi) is 8.24. The van der Waals surface area contributed by atoms with Crippen LogP contribution in [0.15, 0.2) is 0 Å². The van der Waals surface area contributed by atoms with E-state index in [-0.39, 0.29) is 16.9 Å². The molecule has 0 aliphatic rings. The highest BCUT2D eigenvalue weighted by atomic mass is 79.9. The fraction of sp³-hybridized carbons (Fsp3) is 0.909. The maximum atomic E-state index is 11.4. The summed E-state index contributed by atoms with van der Waals surface area (Å²) in [6.45, 7) is 6.17. The summed E-state index contributed by atoms with van der Waals surface area (Å²) in [5.41, 5.74) is 0. The number of esters is 1. The van der Waals surface area contributed by atoms with Gasteiger partial charge in [0.05, 0.1) is 0 Å². The van der Waals surface area contributed by atoms with Gasteiger partial charge >= 0.3 is 5.97 Å². The van der Waals surface area contributed by atoms with Crippen LogP contribution in [0.4, 0.5) is 0 Å². The molecular formula is C11H21BrO2. The molecule has 14 heavy (non-hydrogen) atoms. The molecule has 3 heteroatoms. The minimum absolute atomic E-state index is 0.106. The standard InChI is InChI=1S/C11H21BrO2/c1-4-7-8-9(5-2)14-11(13)10(12)6-3/h9-10H,4-8H2,1-3H3/t9-,10+/m1/s1. The average molecular weight is 265 g/mol. The first kappa shape index (κ1) is 13.9. The Morgan fingerprint density at radius 1 is 1.29 bits per heavy atom. The lowest BCUT2D eigenvalue weighted by Crippen LogP contribution is -2.23. The molecule has 84 valence electrons. The van der Waals surface area contributed by atoms with Crippen LogP contribution in [0.25, 0.3) is 0 Å². The molecule has 0 fully saturated rings. The van der Waals surface area contributed by atoms with E-state index >= 15 is 0 Å². The number of hydrogen-bond acceptors (Lipinski definition) is 2. The topological polar surface area (TPSA) is 26.3 Å². The van der Waals surface area contributed by atoms with Gasteiger partial charge in [-0.15, -0.1) is 0 Å². The second-order valence-corrected chi connectivity index (χ2v) is 4.59. The lowest BCUT2D eigenvalue weighted by atomic mass is 10.1. The van der Waals surface area contributed by atoms with E-state index in [0.717, 1.165) is 32.1 Å². The molecule has 0 rings (SSSR count). The van der Waals surface area contributed by atoms with Crippen molar-refractivity contribution >= 4 is 21.9 Å². The summed E-state index contributed by atoms with van der Waals surface area (Å²) < 4.78 is 5.37. The highest BCUT2D eigenvalue weighted by Gasteiger charge is 2.18. The van der Waals surface area contributed by atoms with Crippen LogP contribution >= 0.6 is 15.9 Å². The summed E-state index contributed by atoms with van der Waals surface area (Å²) in [5, 5.41) is 0. The van der Waals surface area contributed by atoms with Crippen LogP contribution in [-0.2, 0) is 9.53 Å². The molecule has 0 bridgehead atoms. The lowest BCUT2D eigenvalue weighted by molar-refractivity contribution is -0.148. The molecule has 0 N–H and O–H groups in total. The average Bonchev–Trinajstić information content (AvgIpc) is 2.22. The van der Waals surface area contributed by atoms with Gasteiger partial charge in [-0.3, -0.25) is 4.79 Å². The summed E-state index contributed by atoms with van der Waals surface area (Å²) in [6.07, 6.45) is 5.07. The zero-order valence-corrected chi connectivity index (χ0v) is 11.0. The van der Waals surface area contributed by atoms with E-state index in [1.165, 1.54) is 0 Å². The van der Waals surface area contributed by atoms with E-state index < -0.39 is 0 Å². The molecule has 0 saturated carbocycles. The smallest absolute Gasteiger partial charge is 0.319 e. The maximum absolute atomic E-state index is 11.4. The van der Waals surface area contributed by atoms with E-state index in [1.54, 1.807) is 0 Å². The molecule has 0 radical (unpaired) electrons. The molecule has 0 aliphatic heterocycles. The minimum atomic E-state index is -0.141. The lowest BCUT2D eigenvalue weighted by Gasteiger charge is -2.17. The van der Waals surface area contributed by atoms with Gasteiger partial charge < -0.3 is 4.74 Å². The van der Waals surface area contributed by atoms with Crippen LogP contribution in [0.2, 0.25) is 0 Å². The number of ether oxygens (including phenoxy) is 1. The summed E-state index contributed by atoms with van der Waals surface area (Å²) in [7, 11) is 0. The number of halogens is 1. The number of alkyl halides is 1. The molecule has 0 saturated heterocycles. The summed E-state index contributed by atoms with van der Waals surface area (Å²) in [6, 6.07) is 0. The first-order valence-corrected chi connectivity index (χ1v) is 6.41. The van der Waals surface area contributed by atoms with Crippen molar-refractivity contribution in [1.29, 1.82) is 0 Å². The van der Waals surface area contributed by atoms with Crippen molar-refractivity contribution in [3.8, 4) is 0 Å². The van der Waals surface area contributed by atoms with Gasteiger partial charge in [-0.2, -0.15) is 0 Å². The molecule has 0 aromatic rings. The van der Waals surface area contributed by atoms with Crippen molar-refractivity contribution in [2.45, 2.75) is 63.8 Å². The molecule has 2 nitrogen and oxygen atoms in total. The summed E-state index contributed by atoms with van der Waals surface area (Å²) in [4.78, 5) is 11.3. The minimum Gasteiger partial charge on any atom is -0.462 e. The van der Waals surface area contributed by atoms with E-state index in [4.69, 9.17) is 4.74 Å². The van der Waals surface area contributed by atoms with Crippen LogP contribution in [-0.4, -0.2) is 16.9 Å². The van der Waals surface area contributed by atoms with Crippen LogP contribution < -0.4 is 0 Å². The van der Waals surface area contributed by atoms with E-state index in [0.29, 0.717) is 0 Å². The predicted octanol–water partition coefficient (Wildman–Crippen LogP) is 3.67. The van der Waals surface area contributed by atoms with Crippen LogP contribution in [0.1, 0.15) is 52.9 Å². The monoisotopic (exact) mass is 264 g/mol. The van der Waals surface area contributed by atoms with Gasteiger partial charge in [0.1, 0.15) is 10.9 Å². The van der Waals surface area contributed by atoms with E-state index in [2.05, 4.69) is 29.8 Å².